The molecular weight excluding hydrogens is 370 g/mol. The molecule has 2 heterocycles. The van der Waals surface area contributed by atoms with E-state index in [4.69, 9.17) is 22.1 Å². The lowest BCUT2D eigenvalue weighted by Gasteiger charge is -2.15. The van der Waals surface area contributed by atoms with E-state index in [0.29, 0.717) is 22.3 Å². The lowest BCUT2D eigenvalue weighted by molar-refractivity contribution is -0.132. The number of amides is 1. The number of hydrogen-bond acceptors (Lipinski definition) is 6. The van der Waals surface area contributed by atoms with Crippen LogP contribution in [0.3, 0.4) is 0 Å². The van der Waals surface area contributed by atoms with Gasteiger partial charge in [-0.25, -0.2) is 9.97 Å². The summed E-state index contributed by atoms with van der Waals surface area (Å²) >= 11 is 5.74. The number of carbonyl (C=O) groups is 1. The van der Waals surface area contributed by atoms with Crippen LogP contribution in [0.25, 0.3) is 11.3 Å². The van der Waals surface area contributed by atoms with Gasteiger partial charge in [0.15, 0.2) is 6.10 Å². The Morgan fingerprint density at radius 1 is 1.04 bits per heavy atom. The van der Waals surface area contributed by atoms with E-state index >= 15 is 0 Å². The number of pyridine rings is 2. The van der Waals surface area contributed by atoms with Crippen molar-refractivity contribution in [2.45, 2.75) is 12.2 Å². The Balaban J connectivity index is 1.78. The van der Waals surface area contributed by atoms with Crippen LogP contribution in [0, 0.1) is 0 Å². The summed E-state index contributed by atoms with van der Waals surface area (Å²) in [7, 11) is 0. The van der Waals surface area contributed by atoms with Crippen molar-refractivity contribution in [2.24, 2.45) is 5.73 Å². The van der Waals surface area contributed by atoms with Crippen LogP contribution in [0.15, 0.2) is 60.8 Å². The molecule has 0 radical (unpaired) electrons. The van der Waals surface area contributed by atoms with E-state index in [1.54, 1.807) is 48.5 Å². The Morgan fingerprint density at radius 3 is 2.37 bits per heavy atom. The smallest absolute Gasteiger partial charge is 0.249 e. The van der Waals surface area contributed by atoms with Crippen LogP contribution < -0.4 is 10.5 Å². The van der Waals surface area contributed by atoms with E-state index in [0.717, 1.165) is 5.56 Å². The fourth-order valence-corrected chi connectivity index (χ4v) is 2.46. The zero-order chi connectivity index (χ0) is 19.4. The molecule has 3 rings (SSSR count). The molecule has 8 heteroatoms. The molecule has 2 atom stereocenters. The first-order valence-electron chi connectivity index (χ1n) is 7.96. The summed E-state index contributed by atoms with van der Waals surface area (Å²) in [6.07, 6.45) is -1.70. The number of primary amides is 1. The summed E-state index contributed by atoms with van der Waals surface area (Å²) < 4.78 is 5.68. The maximum Gasteiger partial charge on any atom is 0.249 e. The van der Waals surface area contributed by atoms with Crippen molar-refractivity contribution in [1.29, 1.82) is 0 Å². The number of halogens is 1. The van der Waals surface area contributed by atoms with Gasteiger partial charge < -0.3 is 20.7 Å². The summed E-state index contributed by atoms with van der Waals surface area (Å²) in [5, 5.41) is 20.0. The first-order chi connectivity index (χ1) is 12.9. The third-order valence-corrected chi connectivity index (χ3v) is 3.97. The van der Waals surface area contributed by atoms with Crippen LogP contribution in [0.1, 0.15) is 11.8 Å². The van der Waals surface area contributed by atoms with Crippen LogP contribution in [0.2, 0.25) is 5.15 Å². The van der Waals surface area contributed by atoms with Crippen molar-refractivity contribution in [2.75, 3.05) is 0 Å². The normalized spacial score (nSPS) is 13.0. The van der Waals surface area contributed by atoms with Gasteiger partial charge in [0.05, 0.1) is 17.6 Å². The van der Waals surface area contributed by atoms with Gasteiger partial charge in [0.25, 0.3) is 0 Å². The van der Waals surface area contributed by atoms with Crippen LogP contribution in [0.5, 0.6) is 11.5 Å². The number of nitrogens with zero attached hydrogens (tertiary/aromatic N) is 2. The van der Waals surface area contributed by atoms with E-state index in [1.165, 1.54) is 12.3 Å². The van der Waals surface area contributed by atoms with Gasteiger partial charge in [-0.15, -0.1) is 0 Å². The maximum atomic E-state index is 11.0. The predicted molar refractivity (Wildman–Crippen MR) is 99.2 cm³/mol. The summed E-state index contributed by atoms with van der Waals surface area (Å²) in [6.45, 7) is 0. The number of ether oxygens (including phenoxy) is 1. The molecule has 0 saturated heterocycles. The molecule has 138 valence electrons. The van der Waals surface area contributed by atoms with E-state index in [-0.39, 0.29) is 5.69 Å². The van der Waals surface area contributed by atoms with E-state index in [1.807, 2.05) is 0 Å². The zero-order valence-electron chi connectivity index (χ0n) is 14.0. The number of hydrogen-bond donors (Lipinski definition) is 3. The highest BCUT2D eigenvalue weighted by molar-refractivity contribution is 6.29. The Hall–Kier alpha value is -3.00. The quantitative estimate of drug-likeness (QED) is 0.561. The monoisotopic (exact) mass is 385 g/mol. The summed E-state index contributed by atoms with van der Waals surface area (Å²) in [6, 6.07) is 15.4. The van der Waals surface area contributed by atoms with Crippen molar-refractivity contribution in [1.82, 2.24) is 9.97 Å². The van der Waals surface area contributed by atoms with Gasteiger partial charge in [0.1, 0.15) is 22.8 Å². The molecule has 1 amide bonds. The number of aliphatic hydroxyl groups excluding tert-OH is 2. The fourth-order valence-electron chi connectivity index (χ4n) is 2.35. The molecule has 0 aliphatic heterocycles. The van der Waals surface area contributed by atoms with Gasteiger partial charge in [-0.2, -0.15) is 0 Å². The highest BCUT2D eigenvalue weighted by atomic mass is 35.5. The third kappa shape index (κ3) is 4.59. The fraction of sp³-hybridized carbons (Fsp3) is 0.105. The minimum atomic E-state index is -1.73. The molecule has 0 aliphatic carbocycles. The van der Waals surface area contributed by atoms with Crippen LogP contribution in [-0.4, -0.2) is 32.2 Å². The second kappa shape index (κ2) is 8.13. The lowest BCUT2D eigenvalue weighted by Crippen LogP contribution is -2.34. The van der Waals surface area contributed by atoms with E-state index in [2.05, 4.69) is 9.97 Å². The number of rotatable bonds is 6. The molecular formula is C19H16ClN3O4. The Kier molecular flexibility index (Phi) is 5.66. The molecule has 7 nitrogen and oxygen atoms in total. The van der Waals surface area contributed by atoms with Gasteiger partial charge >= 0.3 is 0 Å². The van der Waals surface area contributed by atoms with Crippen molar-refractivity contribution in [3.05, 3.63) is 71.6 Å². The average Bonchev–Trinajstić information content (AvgIpc) is 2.69. The number of nitrogens with two attached hydrogens (primary N) is 1. The molecule has 27 heavy (non-hydrogen) atoms. The Bertz CT molecular complexity index is 932. The first-order valence-corrected chi connectivity index (χ1v) is 8.34. The molecule has 0 bridgehead atoms. The second-order valence-corrected chi connectivity index (χ2v) is 6.07. The summed E-state index contributed by atoms with van der Waals surface area (Å²) in [5.41, 5.74) is 6.48. The topological polar surface area (TPSA) is 119 Å². The van der Waals surface area contributed by atoms with Gasteiger partial charge in [-0.1, -0.05) is 17.7 Å². The van der Waals surface area contributed by atoms with Gasteiger partial charge in [0, 0.05) is 5.56 Å². The molecule has 0 saturated carbocycles. The Labute approximate surface area is 160 Å². The molecule has 0 aliphatic rings. The van der Waals surface area contributed by atoms with Crippen LogP contribution >= 0.6 is 11.6 Å². The molecule has 3 aromatic rings. The maximum absolute atomic E-state index is 11.0. The van der Waals surface area contributed by atoms with Crippen LogP contribution in [-0.2, 0) is 4.79 Å². The minimum Gasteiger partial charge on any atom is -0.456 e. The molecule has 2 aromatic heterocycles. The average molecular weight is 386 g/mol. The van der Waals surface area contributed by atoms with E-state index < -0.39 is 18.1 Å². The largest absolute Gasteiger partial charge is 0.456 e. The predicted octanol–water partition coefficient (Wildman–Crippen LogP) is 2.47. The molecule has 1 aromatic carbocycles. The third-order valence-electron chi connectivity index (χ3n) is 3.75. The first kappa shape index (κ1) is 18.8. The molecule has 0 spiro atoms. The SMILES string of the molecule is NC(=O)C(O)C(O)c1cccc(-c2ccc(Oc3ccc(Cl)nc3)cc2)n1. The minimum absolute atomic E-state index is 0.145. The number of benzene rings is 1. The zero-order valence-corrected chi connectivity index (χ0v) is 14.7. The van der Waals surface area contributed by atoms with Gasteiger partial charge in [-0.3, -0.25) is 4.79 Å². The standard InChI is InChI=1S/C19H16ClN3O4/c20-16-9-8-13(10-22-16)27-12-6-4-11(5-7-12)14-2-1-3-15(23-14)17(24)18(25)19(21)26/h1-10,17-18,24-25H,(H2,21,26). The van der Waals surface area contributed by atoms with E-state index in [9.17, 15) is 15.0 Å². The highest BCUT2D eigenvalue weighted by Gasteiger charge is 2.24. The summed E-state index contributed by atoms with van der Waals surface area (Å²) in [5.74, 6) is 0.131. The molecule has 2 unspecified atom stereocenters. The highest BCUT2D eigenvalue weighted by Crippen LogP contribution is 2.26. The van der Waals surface area contributed by atoms with Crippen molar-refractivity contribution in [3.8, 4) is 22.8 Å². The molecule has 0 fully saturated rings. The van der Waals surface area contributed by atoms with Gasteiger partial charge in [-0.05, 0) is 48.5 Å². The van der Waals surface area contributed by atoms with Gasteiger partial charge in [0.2, 0.25) is 5.91 Å². The Morgan fingerprint density at radius 2 is 1.74 bits per heavy atom. The summed E-state index contributed by atoms with van der Waals surface area (Å²) in [4.78, 5) is 19.3. The van der Waals surface area contributed by atoms with Crippen molar-refractivity contribution in [3.63, 3.8) is 0 Å². The van der Waals surface area contributed by atoms with Crippen LogP contribution in [0.4, 0.5) is 0 Å². The number of carbonyl (C=O) groups excluding carboxylic acids is 1. The van der Waals surface area contributed by atoms with Crippen molar-refractivity contribution < 1.29 is 19.7 Å². The van der Waals surface area contributed by atoms with Crippen molar-refractivity contribution >= 4 is 17.5 Å². The molecule has 4 N–H and O–H groups in total. The lowest BCUT2D eigenvalue weighted by atomic mass is 10.1. The number of aromatic nitrogens is 2. The second-order valence-electron chi connectivity index (χ2n) is 5.68. The number of aliphatic hydroxyl groups is 2.